The van der Waals surface area contributed by atoms with Gasteiger partial charge in [0.15, 0.2) is 0 Å². The first-order valence-corrected chi connectivity index (χ1v) is 10.1. The van der Waals surface area contributed by atoms with Gasteiger partial charge in [-0.3, -0.25) is 14.2 Å². The van der Waals surface area contributed by atoms with Crippen LogP contribution in [0.15, 0.2) is 53.3 Å². The number of amides is 1. The monoisotopic (exact) mass is 411 g/mol. The van der Waals surface area contributed by atoms with E-state index in [4.69, 9.17) is 11.6 Å². The van der Waals surface area contributed by atoms with Gasteiger partial charge in [-0.2, -0.15) is 0 Å². The standard InChI is InChI=1S/C21H18ClN3O2S/c1-13-24-19-16-4-2-3-5-17(16)28-20(19)21(27)25(13)12-18(26)23-11-10-14-6-8-15(22)9-7-14/h2-9H,10-12H2,1H3,(H,23,26). The molecule has 28 heavy (non-hydrogen) atoms. The van der Waals surface area contributed by atoms with Crippen molar-refractivity contribution in [3.8, 4) is 0 Å². The zero-order chi connectivity index (χ0) is 19.7. The van der Waals surface area contributed by atoms with E-state index in [9.17, 15) is 9.59 Å². The summed E-state index contributed by atoms with van der Waals surface area (Å²) in [4.78, 5) is 29.9. The zero-order valence-electron chi connectivity index (χ0n) is 15.2. The molecule has 0 radical (unpaired) electrons. The maximum absolute atomic E-state index is 12.9. The number of carbonyl (C=O) groups excluding carboxylic acids is 1. The van der Waals surface area contributed by atoms with Crippen LogP contribution in [0.1, 0.15) is 11.4 Å². The van der Waals surface area contributed by atoms with Crippen molar-refractivity contribution in [1.82, 2.24) is 14.9 Å². The molecule has 7 heteroatoms. The summed E-state index contributed by atoms with van der Waals surface area (Å²) >= 11 is 7.29. The van der Waals surface area contributed by atoms with Gasteiger partial charge in [0.05, 0.1) is 5.52 Å². The van der Waals surface area contributed by atoms with Crippen LogP contribution < -0.4 is 10.9 Å². The Morgan fingerprint density at radius 1 is 1.18 bits per heavy atom. The molecular weight excluding hydrogens is 394 g/mol. The summed E-state index contributed by atoms with van der Waals surface area (Å²) in [5, 5.41) is 4.53. The van der Waals surface area contributed by atoms with Crippen LogP contribution in [0.2, 0.25) is 5.02 Å². The second-order valence-corrected chi connectivity index (χ2v) is 8.04. The first-order valence-electron chi connectivity index (χ1n) is 8.93. The summed E-state index contributed by atoms with van der Waals surface area (Å²) in [6.07, 6.45) is 0.699. The Kier molecular flexibility index (Phi) is 5.15. The van der Waals surface area contributed by atoms with E-state index in [2.05, 4.69) is 10.3 Å². The fraction of sp³-hybridized carbons (Fsp3) is 0.190. The number of hydrogen-bond donors (Lipinski definition) is 1. The van der Waals surface area contributed by atoms with Crippen LogP contribution in [0, 0.1) is 6.92 Å². The number of nitrogens with zero attached hydrogens (tertiary/aromatic N) is 2. The van der Waals surface area contributed by atoms with E-state index >= 15 is 0 Å². The molecule has 0 bridgehead atoms. The van der Waals surface area contributed by atoms with Crippen molar-refractivity contribution in [3.05, 3.63) is 75.3 Å². The minimum atomic E-state index is -0.207. The number of aromatic nitrogens is 2. The third kappa shape index (κ3) is 3.66. The Balaban J connectivity index is 1.50. The average molecular weight is 412 g/mol. The molecule has 0 atom stereocenters. The molecule has 142 valence electrons. The Hall–Kier alpha value is -2.70. The minimum absolute atomic E-state index is 0.0392. The maximum atomic E-state index is 12.9. The van der Waals surface area contributed by atoms with Crippen molar-refractivity contribution in [1.29, 1.82) is 0 Å². The molecule has 2 aromatic heterocycles. The van der Waals surface area contributed by atoms with Crippen molar-refractivity contribution >= 4 is 49.1 Å². The number of nitrogens with one attached hydrogen (secondary N) is 1. The topological polar surface area (TPSA) is 64.0 Å². The van der Waals surface area contributed by atoms with Crippen molar-refractivity contribution < 1.29 is 4.79 Å². The fourth-order valence-corrected chi connectivity index (χ4v) is 4.38. The van der Waals surface area contributed by atoms with Gasteiger partial charge < -0.3 is 5.32 Å². The number of carbonyl (C=O) groups is 1. The highest BCUT2D eigenvalue weighted by Crippen LogP contribution is 2.30. The van der Waals surface area contributed by atoms with Crippen LogP contribution >= 0.6 is 22.9 Å². The predicted molar refractivity (Wildman–Crippen MR) is 114 cm³/mol. The summed E-state index contributed by atoms with van der Waals surface area (Å²) in [6, 6.07) is 15.3. The highest BCUT2D eigenvalue weighted by molar-refractivity contribution is 7.25. The smallest absolute Gasteiger partial charge is 0.272 e. The SMILES string of the molecule is Cc1nc2c(sc3ccccc32)c(=O)n1CC(=O)NCCc1ccc(Cl)cc1. The summed E-state index contributed by atoms with van der Waals surface area (Å²) in [7, 11) is 0. The van der Waals surface area contributed by atoms with Gasteiger partial charge >= 0.3 is 0 Å². The second kappa shape index (κ2) is 7.73. The van der Waals surface area contributed by atoms with E-state index in [1.165, 1.54) is 15.9 Å². The van der Waals surface area contributed by atoms with E-state index in [0.717, 1.165) is 15.6 Å². The molecule has 0 saturated carbocycles. The largest absolute Gasteiger partial charge is 0.354 e. The van der Waals surface area contributed by atoms with E-state index in [-0.39, 0.29) is 18.0 Å². The van der Waals surface area contributed by atoms with Gasteiger partial charge in [0.2, 0.25) is 5.91 Å². The Labute approximate surface area is 170 Å². The van der Waals surface area contributed by atoms with Crippen molar-refractivity contribution in [2.45, 2.75) is 19.9 Å². The molecule has 1 N–H and O–H groups in total. The van der Waals surface area contributed by atoms with Crippen LogP contribution in [0.5, 0.6) is 0 Å². The van der Waals surface area contributed by atoms with Gasteiger partial charge in [-0.05, 0) is 37.1 Å². The first kappa shape index (κ1) is 18.7. The van der Waals surface area contributed by atoms with Gasteiger partial charge in [0.1, 0.15) is 17.1 Å². The summed E-state index contributed by atoms with van der Waals surface area (Å²) in [6.45, 7) is 2.21. The zero-order valence-corrected chi connectivity index (χ0v) is 16.8. The van der Waals surface area contributed by atoms with Crippen LogP contribution in [0.4, 0.5) is 0 Å². The average Bonchev–Trinajstić information content (AvgIpc) is 3.05. The normalized spacial score (nSPS) is 11.2. The second-order valence-electron chi connectivity index (χ2n) is 6.55. The molecule has 0 aliphatic carbocycles. The first-order chi connectivity index (χ1) is 13.5. The molecule has 4 aromatic rings. The van der Waals surface area contributed by atoms with Crippen LogP contribution in [-0.2, 0) is 17.8 Å². The fourth-order valence-electron chi connectivity index (χ4n) is 3.16. The molecule has 1 amide bonds. The highest BCUT2D eigenvalue weighted by atomic mass is 35.5. The lowest BCUT2D eigenvalue weighted by Gasteiger charge is -2.10. The van der Waals surface area contributed by atoms with E-state index in [1.807, 2.05) is 48.5 Å². The van der Waals surface area contributed by atoms with Gasteiger partial charge in [0.25, 0.3) is 5.56 Å². The van der Waals surface area contributed by atoms with E-state index < -0.39 is 0 Å². The molecule has 0 aliphatic rings. The van der Waals surface area contributed by atoms with Crippen LogP contribution in [0.25, 0.3) is 20.3 Å². The quantitative estimate of drug-likeness (QED) is 0.541. The Morgan fingerprint density at radius 2 is 1.93 bits per heavy atom. The molecule has 0 aliphatic heterocycles. The lowest BCUT2D eigenvalue weighted by atomic mass is 10.1. The molecule has 0 spiro atoms. The molecule has 4 rings (SSSR count). The maximum Gasteiger partial charge on any atom is 0.272 e. The number of rotatable bonds is 5. The minimum Gasteiger partial charge on any atom is -0.354 e. The molecule has 0 fully saturated rings. The number of hydrogen-bond acceptors (Lipinski definition) is 4. The van der Waals surface area contributed by atoms with Crippen LogP contribution in [-0.4, -0.2) is 22.0 Å². The molecule has 0 unspecified atom stereocenters. The number of aryl methyl sites for hydroxylation is 1. The van der Waals surface area contributed by atoms with Crippen molar-refractivity contribution in [2.75, 3.05) is 6.54 Å². The van der Waals surface area contributed by atoms with Crippen molar-refractivity contribution in [2.24, 2.45) is 0 Å². The van der Waals surface area contributed by atoms with Crippen LogP contribution in [0.3, 0.4) is 0 Å². The summed E-state index contributed by atoms with van der Waals surface area (Å²) in [5.74, 6) is 0.329. The predicted octanol–water partition coefficient (Wildman–Crippen LogP) is 3.93. The number of thiophene rings is 1. The lowest BCUT2D eigenvalue weighted by molar-refractivity contribution is -0.121. The van der Waals surface area contributed by atoms with E-state index in [1.54, 1.807) is 6.92 Å². The molecule has 2 heterocycles. The van der Waals surface area contributed by atoms with Gasteiger partial charge in [0, 0.05) is 21.7 Å². The van der Waals surface area contributed by atoms with Gasteiger partial charge in [-0.1, -0.05) is 41.9 Å². The Morgan fingerprint density at radius 3 is 2.71 bits per heavy atom. The molecular formula is C21H18ClN3O2S. The molecule has 2 aromatic carbocycles. The summed E-state index contributed by atoms with van der Waals surface area (Å²) < 4.78 is 3.04. The highest BCUT2D eigenvalue weighted by Gasteiger charge is 2.15. The third-order valence-electron chi connectivity index (χ3n) is 4.62. The van der Waals surface area contributed by atoms with Crippen molar-refractivity contribution in [3.63, 3.8) is 0 Å². The van der Waals surface area contributed by atoms with Gasteiger partial charge in [-0.25, -0.2) is 4.98 Å². The van der Waals surface area contributed by atoms with Gasteiger partial charge in [-0.15, -0.1) is 11.3 Å². The Bertz CT molecular complexity index is 1230. The summed E-state index contributed by atoms with van der Waals surface area (Å²) in [5.41, 5.74) is 1.63. The number of fused-ring (bicyclic) bond motifs is 3. The van der Waals surface area contributed by atoms with E-state index in [0.29, 0.717) is 34.0 Å². The third-order valence-corrected chi connectivity index (χ3v) is 6.02. The molecule has 0 saturated heterocycles. The number of benzene rings is 2. The lowest BCUT2D eigenvalue weighted by Crippen LogP contribution is -2.34. The number of halogens is 1. The molecule has 5 nitrogen and oxygen atoms in total.